The van der Waals surface area contributed by atoms with Gasteiger partial charge < -0.3 is 4.90 Å². The number of fused-ring (bicyclic) bond motifs is 8. The Morgan fingerprint density at radius 3 is 2.04 bits per heavy atom. The molecule has 0 amide bonds. The van der Waals surface area contributed by atoms with Crippen molar-refractivity contribution < 1.29 is 0 Å². The van der Waals surface area contributed by atoms with E-state index >= 15 is 0 Å². The average Bonchev–Trinajstić information content (AvgIpc) is 3.67. The Kier molecular flexibility index (Phi) is 6.89. The molecule has 8 aromatic carbocycles. The predicted octanol–water partition coefficient (Wildman–Crippen LogP) is 12.8. The number of hydrogen-bond acceptors (Lipinski definition) is 2. The molecule has 0 bridgehead atoms. The fourth-order valence-corrected chi connectivity index (χ4v) is 12.6. The molecule has 0 radical (unpaired) electrons. The molecular weight excluding hydrogens is 651 g/mol. The highest BCUT2D eigenvalue weighted by atomic mass is 32.1. The Bertz CT molecular complexity index is 2790. The zero-order chi connectivity index (χ0) is 34.1. The Balaban J connectivity index is 1.20. The van der Waals surface area contributed by atoms with Gasteiger partial charge in [-0.05, 0) is 91.4 Å². The van der Waals surface area contributed by atoms with E-state index in [4.69, 9.17) is 0 Å². The van der Waals surface area contributed by atoms with Crippen LogP contribution in [0.2, 0.25) is 13.1 Å². The van der Waals surface area contributed by atoms with Crippen molar-refractivity contribution in [2.45, 2.75) is 13.1 Å². The molecule has 1 nitrogen and oxygen atoms in total. The first-order chi connectivity index (χ1) is 25.1. The summed E-state index contributed by atoms with van der Waals surface area (Å²) in [6.45, 7) is 5.07. The first-order valence-corrected chi connectivity index (χ1v) is 21.5. The van der Waals surface area contributed by atoms with Gasteiger partial charge in [0, 0.05) is 37.1 Å². The number of benzene rings is 8. The van der Waals surface area contributed by atoms with Crippen LogP contribution in [0.3, 0.4) is 0 Å². The smallest absolute Gasteiger partial charge is 0.113 e. The van der Waals surface area contributed by atoms with Crippen LogP contribution >= 0.6 is 11.3 Å². The van der Waals surface area contributed by atoms with E-state index in [1.165, 1.54) is 80.9 Å². The van der Waals surface area contributed by atoms with E-state index in [0.29, 0.717) is 0 Å². The zero-order valence-corrected chi connectivity index (χ0v) is 30.4. The van der Waals surface area contributed by atoms with Gasteiger partial charge in [0.25, 0.3) is 0 Å². The van der Waals surface area contributed by atoms with E-state index in [1.807, 2.05) is 11.3 Å². The standard InChI is InChI=1S/C48H35NSSi/c1-51(2)45-29-28-44-47(40-22-9-11-25-43(40)50-44)48(45)41-27-26-36(31-46(41)51)49(42-24-10-8-21-39(42)33-14-4-3-5-15-33)35-19-12-18-34(30-35)38-23-13-17-32-16-6-7-20-37(32)38/h3-31H,1-2H3. The predicted molar refractivity (Wildman–Crippen MR) is 225 cm³/mol. The van der Waals surface area contributed by atoms with Crippen molar-refractivity contribution >= 4 is 77.8 Å². The number of nitrogens with zero attached hydrogens (tertiary/aromatic N) is 1. The normalized spacial score (nSPS) is 13.1. The second-order valence-electron chi connectivity index (χ2n) is 14.1. The topological polar surface area (TPSA) is 3.24 Å². The van der Waals surface area contributed by atoms with Crippen LogP contribution < -0.4 is 15.3 Å². The van der Waals surface area contributed by atoms with E-state index in [0.717, 1.165) is 5.69 Å². The monoisotopic (exact) mass is 685 g/mol. The van der Waals surface area contributed by atoms with Crippen LogP contribution in [0.15, 0.2) is 176 Å². The molecule has 0 unspecified atom stereocenters. The minimum absolute atomic E-state index is 1.14. The number of rotatable bonds is 5. The molecule has 51 heavy (non-hydrogen) atoms. The summed E-state index contributed by atoms with van der Waals surface area (Å²) in [5.74, 6) is 0. The molecule has 0 atom stereocenters. The average molecular weight is 686 g/mol. The summed E-state index contributed by atoms with van der Waals surface area (Å²) < 4.78 is 2.74. The summed E-state index contributed by atoms with van der Waals surface area (Å²) in [5.41, 5.74) is 11.2. The lowest BCUT2D eigenvalue weighted by Gasteiger charge is -2.30. The zero-order valence-electron chi connectivity index (χ0n) is 28.6. The van der Waals surface area contributed by atoms with Gasteiger partial charge in [-0.3, -0.25) is 0 Å². The van der Waals surface area contributed by atoms with E-state index in [9.17, 15) is 0 Å². The van der Waals surface area contributed by atoms with Gasteiger partial charge in [0.2, 0.25) is 0 Å². The van der Waals surface area contributed by atoms with Crippen LogP contribution in [0.4, 0.5) is 17.1 Å². The fraction of sp³-hybridized carbons (Fsp3) is 0.0417. The highest BCUT2D eigenvalue weighted by Gasteiger charge is 2.39. The number of para-hydroxylation sites is 1. The summed E-state index contributed by atoms with van der Waals surface area (Å²) in [4.78, 5) is 2.49. The SMILES string of the molecule is C[Si]1(C)c2cc(N(c3cccc(-c4cccc5ccccc45)c3)c3ccccc3-c3ccccc3)ccc2-c2c1ccc1sc3ccccc3c21. The van der Waals surface area contributed by atoms with Crippen LogP contribution in [-0.4, -0.2) is 8.07 Å². The lowest BCUT2D eigenvalue weighted by Crippen LogP contribution is -2.49. The maximum Gasteiger partial charge on any atom is 0.113 e. The lowest BCUT2D eigenvalue weighted by atomic mass is 9.97. The summed E-state index contributed by atoms with van der Waals surface area (Å²) in [6.07, 6.45) is 0. The molecule has 0 saturated carbocycles. The van der Waals surface area contributed by atoms with Crippen molar-refractivity contribution in [1.29, 1.82) is 0 Å². The van der Waals surface area contributed by atoms with Crippen LogP contribution in [0.5, 0.6) is 0 Å². The van der Waals surface area contributed by atoms with Crippen LogP contribution in [0.25, 0.3) is 64.3 Å². The minimum Gasteiger partial charge on any atom is -0.310 e. The van der Waals surface area contributed by atoms with Crippen molar-refractivity contribution in [3.05, 3.63) is 176 Å². The van der Waals surface area contributed by atoms with E-state index < -0.39 is 8.07 Å². The molecule has 9 aromatic rings. The molecule has 0 fully saturated rings. The molecule has 0 N–H and O–H groups in total. The van der Waals surface area contributed by atoms with Crippen molar-refractivity contribution in [3.8, 4) is 33.4 Å². The van der Waals surface area contributed by atoms with Gasteiger partial charge in [-0.25, -0.2) is 0 Å². The van der Waals surface area contributed by atoms with Gasteiger partial charge in [0.05, 0.1) is 5.69 Å². The van der Waals surface area contributed by atoms with Gasteiger partial charge in [0.15, 0.2) is 0 Å². The van der Waals surface area contributed by atoms with Crippen LogP contribution in [0, 0.1) is 0 Å². The molecule has 0 spiro atoms. The third-order valence-corrected chi connectivity index (χ3v) is 15.5. The molecule has 0 aliphatic carbocycles. The summed E-state index contributed by atoms with van der Waals surface area (Å²) in [7, 11) is -2.03. The molecule has 1 aliphatic heterocycles. The van der Waals surface area contributed by atoms with Crippen LogP contribution in [-0.2, 0) is 0 Å². The first-order valence-electron chi connectivity index (χ1n) is 17.7. The fourth-order valence-electron chi connectivity index (χ4n) is 8.42. The van der Waals surface area contributed by atoms with Crippen molar-refractivity contribution in [2.24, 2.45) is 0 Å². The number of hydrogen-bond donors (Lipinski definition) is 0. The second kappa shape index (κ2) is 11.7. The third-order valence-electron chi connectivity index (χ3n) is 10.9. The summed E-state index contributed by atoms with van der Waals surface area (Å²) in [5, 5.41) is 8.37. The molecule has 1 aromatic heterocycles. The Morgan fingerprint density at radius 1 is 0.451 bits per heavy atom. The highest BCUT2D eigenvalue weighted by molar-refractivity contribution is 7.26. The molecular formula is C48H35NSSi. The quantitative estimate of drug-likeness (QED) is 0.163. The van der Waals surface area contributed by atoms with Gasteiger partial charge >= 0.3 is 0 Å². The highest BCUT2D eigenvalue weighted by Crippen LogP contribution is 2.46. The molecule has 3 heteroatoms. The number of anilines is 3. The van der Waals surface area contributed by atoms with E-state index in [1.54, 1.807) is 5.19 Å². The first kappa shape index (κ1) is 30.1. The Morgan fingerprint density at radius 2 is 1.14 bits per heavy atom. The van der Waals surface area contributed by atoms with Gasteiger partial charge in [-0.2, -0.15) is 0 Å². The largest absolute Gasteiger partial charge is 0.310 e. The molecule has 1 aliphatic rings. The molecule has 242 valence electrons. The maximum absolute atomic E-state index is 2.53. The van der Waals surface area contributed by atoms with Gasteiger partial charge in [0.1, 0.15) is 8.07 Å². The van der Waals surface area contributed by atoms with Gasteiger partial charge in [-0.1, -0.05) is 147 Å². The molecule has 10 rings (SSSR count). The lowest BCUT2D eigenvalue weighted by molar-refractivity contribution is 1.29. The minimum atomic E-state index is -2.03. The molecule has 0 saturated heterocycles. The van der Waals surface area contributed by atoms with Crippen LogP contribution in [0.1, 0.15) is 0 Å². The maximum atomic E-state index is 2.53. The third kappa shape index (κ3) is 4.73. The Hall–Kier alpha value is -5.74. The summed E-state index contributed by atoms with van der Waals surface area (Å²) in [6, 6.07) is 65.1. The number of thiophene rings is 1. The van der Waals surface area contributed by atoms with E-state index in [2.05, 4.69) is 194 Å². The molecule has 2 heterocycles. The van der Waals surface area contributed by atoms with Gasteiger partial charge in [-0.15, -0.1) is 11.3 Å². The second-order valence-corrected chi connectivity index (χ2v) is 19.5. The summed E-state index contributed by atoms with van der Waals surface area (Å²) >= 11 is 1.91. The van der Waals surface area contributed by atoms with E-state index in [-0.39, 0.29) is 0 Å². The van der Waals surface area contributed by atoms with Crippen molar-refractivity contribution in [3.63, 3.8) is 0 Å². The van der Waals surface area contributed by atoms with Crippen molar-refractivity contribution in [2.75, 3.05) is 4.90 Å². The van der Waals surface area contributed by atoms with Crippen molar-refractivity contribution in [1.82, 2.24) is 0 Å². The Labute approximate surface area is 303 Å².